The van der Waals surface area contributed by atoms with Crippen molar-refractivity contribution in [3.8, 4) is 0 Å². The zero-order chi connectivity index (χ0) is 14.9. The van der Waals surface area contributed by atoms with E-state index in [2.05, 4.69) is 15.9 Å². The zero-order valence-corrected chi connectivity index (χ0v) is 13.0. The minimum Gasteiger partial charge on any atom is -0.389 e. The molecule has 0 aliphatic carbocycles. The highest BCUT2D eigenvalue weighted by Crippen LogP contribution is 2.35. The van der Waals surface area contributed by atoms with Crippen molar-refractivity contribution in [3.05, 3.63) is 28.2 Å². The van der Waals surface area contributed by atoms with Crippen LogP contribution in [0.15, 0.2) is 22.7 Å². The molecule has 7 heteroatoms. The number of nitrogens with zero attached hydrogens (tertiary/aromatic N) is 1. The molecule has 1 aromatic carbocycles. The highest BCUT2D eigenvalue weighted by atomic mass is 79.9. The lowest BCUT2D eigenvalue weighted by Gasteiger charge is -2.35. The SMILES string of the molecule is NC(=S)c1ccc(N2CCCC(C(F)(F)F)C2)cc1Br. The Bertz CT molecular complexity index is 519. The molecule has 1 heterocycles. The molecule has 1 saturated heterocycles. The number of rotatable bonds is 2. The van der Waals surface area contributed by atoms with Gasteiger partial charge in [0.05, 0.1) is 5.92 Å². The lowest BCUT2D eigenvalue weighted by atomic mass is 9.97. The van der Waals surface area contributed by atoms with E-state index in [1.807, 2.05) is 0 Å². The van der Waals surface area contributed by atoms with Crippen LogP contribution in [0, 0.1) is 5.92 Å². The number of thiocarbonyl (C=S) groups is 1. The van der Waals surface area contributed by atoms with E-state index in [1.165, 1.54) is 0 Å². The molecule has 0 radical (unpaired) electrons. The monoisotopic (exact) mass is 366 g/mol. The Morgan fingerprint density at radius 1 is 1.40 bits per heavy atom. The van der Waals surface area contributed by atoms with Gasteiger partial charge in [0.15, 0.2) is 0 Å². The van der Waals surface area contributed by atoms with Crippen molar-refractivity contribution in [3.63, 3.8) is 0 Å². The molecule has 0 aromatic heterocycles. The summed E-state index contributed by atoms with van der Waals surface area (Å²) in [7, 11) is 0. The molecule has 110 valence electrons. The number of benzene rings is 1. The van der Waals surface area contributed by atoms with E-state index in [-0.39, 0.29) is 18.0 Å². The van der Waals surface area contributed by atoms with Crippen LogP contribution in [0.5, 0.6) is 0 Å². The fraction of sp³-hybridized carbons (Fsp3) is 0.462. The van der Waals surface area contributed by atoms with Crippen LogP contribution in [0.2, 0.25) is 0 Å². The minimum atomic E-state index is -4.13. The third kappa shape index (κ3) is 3.44. The Morgan fingerprint density at radius 2 is 2.10 bits per heavy atom. The van der Waals surface area contributed by atoms with Crippen LogP contribution in [0.4, 0.5) is 18.9 Å². The number of halogens is 4. The first-order valence-corrected chi connectivity index (χ1v) is 7.40. The molecule has 0 spiro atoms. The summed E-state index contributed by atoms with van der Waals surface area (Å²) in [5.74, 6) is -1.26. The molecule has 0 saturated carbocycles. The quantitative estimate of drug-likeness (QED) is 0.805. The average Bonchev–Trinajstić information content (AvgIpc) is 2.37. The number of hydrogen-bond donors (Lipinski definition) is 1. The van der Waals surface area contributed by atoms with Gasteiger partial charge in [-0.05, 0) is 47.0 Å². The zero-order valence-electron chi connectivity index (χ0n) is 10.6. The highest BCUT2D eigenvalue weighted by molar-refractivity contribution is 9.10. The summed E-state index contributed by atoms with van der Waals surface area (Å²) in [5, 5.41) is 0. The summed E-state index contributed by atoms with van der Waals surface area (Å²) in [6.45, 7) is 0.633. The number of hydrogen-bond acceptors (Lipinski definition) is 2. The summed E-state index contributed by atoms with van der Waals surface area (Å²) < 4.78 is 39.1. The first kappa shape index (κ1) is 15.6. The molecule has 2 N–H and O–H groups in total. The van der Waals surface area contributed by atoms with Crippen LogP contribution in [0.3, 0.4) is 0 Å². The van der Waals surface area contributed by atoms with Crippen molar-refractivity contribution in [2.24, 2.45) is 11.7 Å². The van der Waals surface area contributed by atoms with Gasteiger partial charge in [-0.3, -0.25) is 0 Å². The Hall–Kier alpha value is -0.820. The minimum absolute atomic E-state index is 0.00234. The topological polar surface area (TPSA) is 29.3 Å². The van der Waals surface area contributed by atoms with E-state index in [4.69, 9.17) is 18.0 Å². The molecule has 1 aliphatic rings. The van der Waals surface area contributed by atoms with Gasteiger partial charge in [0, 0.05) is 28.8 Å². The smallest absolute Gasteiger partial charge is 0.389 e. The number of anilines is 1. The molecule has 0 bridgehead atoms. The molecule has 0 amide bonds. The Labute approximate surface area is 129 Å². The fourth-order valence-electron chi connectivity index (χ4n) is 2.38. The third-order valence-electron chi connectivity index (χ3n) is 3.47. The van der Waals surface area contributed by atoms with E-state index in [1.54, 1.807) is 23.1 Å². The second kappa shape index (κ2) is 5.89. The van der Waals surface area contributed by atoms with Gasteiger partial charge in [-0.1, -0.05) is 12.2 Å². The predicted molar refractivity (Wildman–Crippen MR) is 81.0 cm³/mol. The Morgan fingerprint density at radius 3 is 2.65 bits per heavy atom. The average molecular weight is 367 g/mol. The maximum atomic E-state index is 12.8. The molecule has 2 rings (SSSR count). The van der Waals surface area contributed by atoms with Crippen LogP contribution < -0.4 is 10.6 Å². The van der Waals surface area contributed by atoms with E-state index in [0.29, 0.717) is 23.0 Å². The summed E-state index contributed by atoms with van der Waals surface area (Å²) in [4.78, 5) is 2.02. The lowest BCUT2D eigenvalue weighted by Crippen LogP contribution is -2.41. The molecular formula is C13H14BrF3N2S. The molecule has 20 heavy (non-hydrogen) atoms. The van der Waals surface area contributed by atoms with Crippen LogP contribution >= 0.6 is 28.1 Å². The van der Waals surface area contributed by atoms with Crippen LogP contribution in [-0.2, 0) is 0 Å². The van der Waals surface area contributed by atoms with Crippen molar-refractivity contribution in [2.45, 2.75) is 19.0 Å². The molecule has 1 fully saturated rings. The standard InChI is InChI=1S/C13H14BrF3N2S/c14-11-6-9(3-4-10(11)12(18)20)19-5-1-2-8(7-19)13(15,16)17/h3-4,6,8H,1-2,5,7H2,(H2,18,20). The highest BCUT2D eigenvalue weighted by Gasteiger charge is 2.41. The molecule has 1 atom stereocenters. The van der Waals surface area contributed by atoms with Crippen molar-refractivity contribution in [1.82, 2.24) is 0 Å². The van der Waals surface area contributed by atoms with Gasteiger partial charge >= 0.3 is 6.18 Å². The maximum Gasteiger partial charge on any atom is 0.393 e. The summed E-state index contributed by atoms with van der Waals surface area (Å²) >= 11 is 8.25. The first-order valence-electron chi connectivity index (χ1n) is 6.20. The third-order valence-corrected chi connectivity index (χ3v) is 4.34. The first-order chi connectivity index (χ1) is 9.29. The van der Waals surface area contributed by atoms with Crippen LogP contribution in [0.1, 0.15) is 18.4 Å². The van der Waals surface area contributed by atoms with Gasteiger partial charge in [-0.15, -0.1) is 0 Å². The van der Waals surface area contributed by atoms with Gasteiger partial charge in [-0.25, -0.2) is 0 Å². The summed E-state index contributed by atoms with van der Waals surface area (Å²) in [6.07, 6.45) is -3.39. The van der Waals surface area contributed by atoms with Crippen LogP contribution in [-0.4, -0.2) is 24.3 Å². The van der Waals surface area contributed by atoms with Gasteiger partial charge in [0.1, 0.15) is 4.99 Å². The van der Waals surface area contributed by atoms with Gasteiger partial charge in [0.2, 0.25) is 0 Å². The van der Waals surface area contributed by atoms with Crippen molar-refractivity contribution < 1.29 is 13.2 Å². The molecule has 1 aromatic rings. The summed E-state index contributed by atoms with van der Waals surface area (Å²) in [6, 6.07) is 5.27. The number of piperidine rings is 1. The Kier molecular flexibility index (Phi) is 4.59. The number of nitrogens with two attached hydrogens (primary N) is 1. The molecule has 2 nitrogen and oxygen atoms in total. The van der Waals surface area contributed by atoms with Gasteiger partial charge in [-0.2, -0.15) is 13.2 Å². The van der Waals surface area contributed by atoms with Gasteiger partial charge in [0.25, 0.3) is 0 Å². The van der Waals surface area contributed by atoms with Crippen molar-refractivity contribution >= 4 is 38.8 Å². The molecular weight excluding hydrogens is 353 g/mol. The van der Waals surface area contributed by atoms with E-state index in [9.17, 15) is 13.2 Å². The predicted octanol–water partition coefficient (Wildman–Crippen LogP) is 3.86. The second-order valence-corrected chi connectivity index (χ2v) is 6.15. The lowest BCUT2D eigenvalue weighted by molar-refractivity contribution is -0.175. The van der Waals surface area contributed by atoms with Gasteiger partial charge < -0.3 is 10.6 Å². The van der Waals surface area contributed by atoms with Crippen molar-refractivity contribution in [2.75, 3.05) is 18.0 Å². The molecule has 1 aliphatic heterocycles. The maximum absolute atomic E-state index is 12.8. The van der Waals surface area contributed by atoms with E-state index >= 15 is 0 Å². The fourth-order valence-corrected chi connectivity index (χ4v) is 3.27. The van der Waals surface area contributed by atoms with E-state index < -0.39 is 12.1 Å². The van der Waals surface area contributed by atoms with E-state index in [0.717, 1.165) is 5.69 Å². The largest absolute Gasteiger partial charge is 0.393 e. The second-order valence-electron chi connectivity index (χ2n) is 4.86. The summed E-state index contributed by atoms with van der Waals surface area (Å²) in [5.41, 5.74) is 7.00. The number of alkyl halides is 3. The normalized spacial score (nSPS) is 20.0. The molecule has 1 unspecified atom stereocenters. The Balaban J connectivity index is 2.19. The van der Waals surface area contributed by atoms with Crippen molar-refractivity contribution in [1.29, 1.82) is 0 Å². The van der Waals surface area contributed by atoms with Crippen LogP contribution in [0.25, 0.3) is 0 Å².